The van der Waals surface area contributed by atoms with Crippen LogP contribution in [0.5, 0.6) is 0 Å². The average molecular weight is 238 g/mol. The van der Waals surface area contributed by atoms with Crippen LogP contribution >= 0.6 is 11.6 Å². The van der Waals surface area contributed by atoms with Gasteiger partial charge in [-0.3, -0.25) is 0 Å². The molecule has 0 aliphatic carbocycles. The number of rotatable bonds is 2. The van der Waals surface area contributed by atoms with Gasteiger partial charge in [-0.2, -0.15) is 0 Å². The van der Waals surface area contributed by atoms with Crippen LogP contribution in [0.25, 0.3) is 10.9 Å². The summed E-state index contributed by atoms with van der Waals surface area (Å²) in [7, 11) is 0. The van der Waals surface area contributed by atoms with Crippen molar-refractivity contribution in [2.24, 2.45) is 0 Å². The first-order chi connectivity index (χ1) is 7.50. The van der Waals surface area contributed by atoms with E-state index in [-0.39, 0.29) is 6.04 Å². The van der Waals surface area contributed by atoms with Crippen molar-refractivity contribution in [1.82, 2.24) is 4.57 Å². The molecule has 16 heavy (non-hydrogen) atoms. The zero-order valence-corrected chi connectivity index (χ0v) is 9.82. The lowest BCUT2D eigenvalue weighted by atomic mass is 10.2. The van der Waals surface area contributed by atoms with E-state index >= 15 is 0 Å². The van der Waals surface area contributed by atoms with Gasteiger partial charge in [-0.25, -0.2) is 4.79 Å². The SMILES string of the molecule is CC(C)n1cc(C(=O)O)c2ccc(Cl)cc21. The van der Waals surface area contributed by atoms with Crippen LogP contribution < -0.4 is 0 Å². The summed E-state index contributed by atoms with van der Waals surface area (Å²) in [5.41, 5.74) is 1.18. The van der Waals surface area contributed by atoms with Gasteiger partial charge in [0.2, 0.25) is 0 Å². The summed E-state index contributed by atoms with van der Waals surface area (Å²) in [5.74, 6) is -0.910. The van der Waals surface area contributed by atoms with E-state index in [9.17, 15) is 4.79 Å². The Morgan fingerprint density at radius 2 is 2.12 bits per heavy atom. The zero-order chi connectivity index (χ0) is 11.9. The van der Waals surface area contributed by atoms with Crippen molar-refractivity contribution >= 4 is 28.5 Å². The number of halogens is 1. The van der Waals surface area contributed by atoms with Gasteiger partial charge in [0.1, 0.15) is 0 Å². The second kappa shape index (κ2) is 3.83. The number of aromatic carboxylic acids is 1. The fraction of sp³-hybridized carbons (Fsp3) is 0.250. The fourth-order valence-electron chi connectivity index (χ4n) is 1.82. The van der Waals surface area contributed by atoms with Crippen LogP contribution in [-0.4, -0.2) is 15.6 Å². The molecule has 0 saturated carbocycles. The summed E-state index contributed by atoms with van der Waals surface area (Å²) >= 11 is 5.92. The molecule has 0 aliphatic rings. The molecule has 0 radical (unpaired) electrons. The molecule has 0 unspecified atom stereocenters. The Morgan fingerprint density at radius 3 is 2.69 bits per heavy atom. The molecular weight excluding hydrogens is 226 g/mol. The Labute approximate surface area is 98.3 Å². The Bertz CT molecular complexity index is 557. The minimum atomic E-state index is -0.910. The third-order valence-electron chi connectivity index (χ3n) is 2.58. The molecule has 0 aliphatic heterocycles. The van der Waals surface area contributed by atoms with Crippen molar-refractivity contribution in [3.05, 3.63) is 35.0 Å². The number of fused-ring (bicyclic) bond motifs is 1. The van der Waals surface area contributed by atoms with Crippen molar-refractivity contribution in [1.29, 1.82) is 0 Å². The molecule has 0 amide bonds. The first-order valence-corrected chi connectivity index (χ1v) is 5.42. The lowest BCUT2D eigenvalue weighted by Crippen LogP contribution is -1.99. The smallest absolute Gasteiger partial charge is 0.337 e. The van der Waals surface area contributed by atoms with E-state index in [1.165, 1.54) is 0 Å². The number of benzene rings is 1. The lowest BCUT2D eigenvalue weighted by Gasteiger charge is -2.08. The topological polar surface area (TPSA) is 42.2 Å². The summed E-state index contributed by atoms with van der Waals surface area (Å²) in [4.78, 5) is 11.1. The van der Waals surface area contributed by atoms with Gasteiger partial charge in [0, 0.05) is 22.6 Å². The number of aromatic nitrogens is 1. The molecule has 2 aromatic rings. The van der Waals surface area contributed by atoms with Crippen LogP contribution in [0.1, 0.15) is 30.2 Å². The van der Waals surface area contributed by atoms with Crippen LogP contribution in [0.4, 0.5) is 0 Å². The summed E-state index contributed by atoms with van der Waals surface area (Å²) in [6.45, 7) is 4.01. The lowest BCUT2D eigenvalue weighted by molar-refractivity contribution is 0.0699. The highest BCUT2D eigenvalue weighted by atomic mass is 35.5. The number of hydrogen-bond donors (Lipinski definition) is 1. The minimum absolute atomic E-state index is 0.203. The molecule has 0 bridgehead atoms. The Hall–Kier alpha value is -1.48. The second-order valence-corrected chi connectivity index (χ2v) is 4.45. The maximum absolute atomic E-state index is 11.1. The Kier molecular flexibility index (Phi) is 2.64. The van der Waals surface area contributed by atoms with E-state index in [0.29, 0.717) is 10.6 Å². The van der Waals surface area contributed by atoms with Gasteiger partial charge in [0.15, 0.2) is 0 Å². The molecule has 1 aromatic heterocycles. The first-order valence-electron chi connectivity index (χ1n) is 5.04. The van der Waals surface area contributed by atoms with Crippen LogP contribution in [0.3, 0.4) is 0 Å². The van der Waals surface area contributed by atoms with E-state index < -0.39 is 5.97 Å². The van der Waals surface area contributed by atoms with Crippen LogP contribution in [-0.2, 0) is 0 Å². The standard InChI is InChI=1S/C12H12ClNO2/c1-7(2)14-6-10(12(15)16)9-4-3-8(13)5-11(9)14/h3-7H,1-2H3,(H,15,16). The molecule has 0 atom stereocenters. The molecule has 0 fully saturated rings. The van der Waals surface area contributed by atoms with Crippen molar-refractivity contribution < 1.29 is 9.90 Å². The largest absolute Gasteiger partial charge is 0.478 e. The Balaban J connectivity index is 2.81. The van der Waals surface area contributed by atoms with Crippen LogP contribution in [0.2, 0.25) is 5.02 Å². The second-order valence-electron chi connectivity index (χ2n) is 4.01. The van der Waals surface area contributed by atoms with Crippen molar-refractivity contribution in [3.63, 3.8) is 0 Å². The molecule has 1 heterocycles. The summed E-state index contributed by atoms with van der Waals surface area (Å²) < 4.78 is 1.92. The highest BCUT2D eigenvalue weighted by Crippen LogP contribution is 2.27. The molecule has 4 heteroatoms. The molecule has 1 N–H and O–H groups in total. The molecule has 1 aromatic carbocycles. The monoisotopic (exact) mass is 237 g/mol. The van der Waals surface area contributed by atoms with Crippen molar-refractivity contribution in [2.75, 3.05) is 0 Å². The normalized spacial score (nSPS) is 11.2. The van der Waals surface area contributed by atoms with Gasteiger partial charge in [-0.15, -0.1) is 0 Å². The molecule has 84 valence electrons. The van der Waals surface area contributed by atoms with Gasteiger partial charge in [0.05, 0.1) is 11.1 Å². The number of carboxylic acids is 1. The number of carbonyl (C=O) groups is 1. The fourth-order valence-corrected chi connectivity index (χ4v) is 1.99. The Morgan fingerprint density at radius 1 is 1.44 bits per heavy atom. The highest BCUT2D eigenvalue weighted by Gasteiger charge is 2.15. The van der Waals surface area contributed by atoms with Gasteiger partial charge in [-0.05, 0) is 26.0 Å². The van der Waals surface area contributed by atoms with Crippen LogP contribution in [0.15, 0.2) is 24.4 Å². The highest BCUT2D eigenvalue weighted by molar-refractivity contribution is 6.31. The van der Waals surface area contributed by atoms with E-state index in [0.717, 1.165) is 10.9 Å². The number of nitrogens with zero attached hydrogens (tertiary/aromatic N) is 1. The van der Waals surface area contributed by atoms with Crippen molar-refractivity contribution in [3.8, 4) is 0 Å². The molecule has 0 saturated heterocycles. The predicted octanol–water partition coefficient (Wildman–Crippen LogP) is 3.57. The summed E-state index contributed by atoms with van der Waals surface area (Å²) in [5, 5.41) is 10.4. The summed E-state index contributed by atoms with van der Waals surface area (Å²) in [6, 6.07) is 5.46. The average Bonchev–Trinajstić information content (AvgIpc) is 2.56. The zero-order valence-electron chi connectivity index (χ0n) is 9.07. The van der Waals surface area contributed by atoms with Gasteiger partial charge in [-0.1, -0.05) is 17.7 Å². The predicted molar refractivity (Wildman–Crippen MR) is 64.3 cm³/mol. The molecule has 2 rings (SSSR count). The minimum Gasteiger partial charge on any atom is -0.478 e. The van der Waals surface area contributed by atoms with Gasteiger partial charge >= 0.3 is 5.97 Å². The maximum Gasteiger partial charge on any atom is 0.337 e. The van der Waals surface area contributed by atoms with E-state index in [4.69, 9.17) is 16.7 Å². The van der Waals surface area contributed by atoms with Crippen LogP contribution in [0, 0.1) is 0 Å². The van der Waals surface area contributed by atoms with Gasteiger partial charge < -0.3 is 9.67 Å². The first kappa shape index (κ1) is 11.0. The third-order valence-corrected chi connectivity index (χ3v) is 2.82. The van der Waals surface area contributed by atoms with Gasteiger partial charge in [0.25, 0.3) is 0 Å². The van der Waals surface area contributed by atoms with E-state index in [2.05, 4.69) is 0 Å². The van der Waals surface area contributed by atoms with Crippen molar-refractivity contribution in [2.45, 2.75) is 19.9 Å². The third kappa shape index (κ3) is 1.67. The molecule has 0 spiro atoms. The maximum atomic E-state index is 11.1. The quantitative estimate of drug-likeness (QED) is 0.868. The van der Waals surface area contributed by atoms with E-state index in [1.807, 2.05) is 18.4 Å². The number of carboxylic acid groups (broad SMARTS) is 1. The molecular formula is C12H12ClNO2. The van der Waals surface area contributed by atoms with E-state index in [1.54, 1.807) is 24.4 Å². The summed E-state index contributed by atoms with van der Waals surface area (Å²) in [6.07, 6.45) is 1.66. The molecule has 3 nitrogen and oxygen atoms in total. The number of hydrogen-bond acceptors (Lipinski definition) is 1.